The summed E-state index contributed by atoms with van der Waals surface area (Å²) in [6.45, 7) is 8.77. The molecule has 0 spiro atoms. The third-order valence-electron chi connectivity index (χ3n) is 3.66. The number of para-hydroxylation sites is 1. The Bertz CT molecular complexity index is 434. The fourth-order valence-corrected chi connectivity index (χ4v) is 2.79. The Morgan fingerprint density at radius 3 is 2.48 bits per heavy atom. The standard InChI is InChI=1S/C16H25ClN2O2/c1-13(2)21-12-14(20)11-18-7-9-19(10-8-18)16-6-4-3-5-15(16)17/h3-6,13-14,20H,7-12H2,1-2H3. The number of piperazine rings is 1. The fourth-order valence-electron chi connectivity index (χ4n) is 2.53. The Morgan fingerprint density at radius 2 is 1.86 bits per heavy atom. The van der Waals surface area contributed by atoms with Crippen molar-refractivity contribution in [3.05, 3.63) is 29.3 Å². The monoisotopic (exact) mass is 312 g/mol. The molecular weight excluding hydrogens is 288 g/mol. The van der Waals surface area contributed by atoms with Crippen molar-refractivity contribution in [1.29, 1.82) is 0 Å². The third-order valence-corrected chi connectivity index (χ3v) is 3.98. The van der Waals surface area contributed by atoms with Crippen molar-refractivity contribution in [2.24, 2.45) is 0 Å². The molecule has 1 aromatic carbocycles. The molecule has 118 valence electrons. The van der Waals surface area contributed by atoms with Gasteiger partial charge in [0.2, 0.25) is 0 Å². The van der Waals surface area contributed by atoms with Crippen LogP contribution in [0.15, 0.2) is 24.3 Å². The summed E-state index contributed by atoms with van der Waals surface area (Å²) in [6, 6.07) is 7.95. The summed E-state index contributed by atoms with van der Waals surface area (Å²) in [5, 5.41) is 10.8. The Morgan fingerprint density at radius 1 is 1.19 bits per heavy atom. The van der Waals surface area contributed by atoms with Gasteiger partial charge in [-0.2, -0.15) is 0 Å². The van der Waals surface area contributed by atoms with E-state index in [1.165, 1.54) is 0 Å². The first-order chi connectivity index (χ1) is 10.1. The highest BCUT2D eigenvalue weighted by Gasteiger charge is 2.20. The number of hydrogen-bond acceptors (Lipinski definition) is 4. The summed E-state index contributed by atoms with van der Waals surface area (Å²) in [5.74, 6) is 0. The molecule has 4 nitrogen and oxygen atoms in total. The minimum absolute atomic E-state index is 0.164. The summed E-state index contributed by atoms with van der Waals surface area (Å²) in [6.07, 6.45) is -0.254. The zero-order valence-corrected chi connectivity index (χ0v) is 13.6. The molecule has 5 heteroatoms. The SMILES string of the molecule is CC(C)OCC(O)CN1CCN(c2ccccc2Cl)CC1. The van der Waals surface area contributed by atoms with Crippen molar-refractivity contribution in [2.75, 3.05) is 44.2 Å². The van der Waals surface area contributed by atoms with E-state index in [2.05, 4.69) is 15.9 Å². The minimum atomic E-state index is -0.417. The maximum atomic E-state index is 9.98. The number of rotatable bonds is 6. The molecule has 1 heterocycles. The van der Waals surface area contributed by atoms with Gasteiger partial charge in [0.1, 0.15) is 0 Å². The van der Waals surface area contributed by atoms with Gasteiger partial charge in [0.25, 0.3) is 0 Å². The number of nitrogens with zero attached hydrogens (tertiary/aromatic N) is 2. The predicted molar refractivity (Wildman–Crippen MR) is 87.2 cm³/mol. The first-order valence-corrected chi connectivity index (χ1v) is 7.95. The molecule has 0 aliphatic carbocycles. The lowest BCUT2D eigenvalue weighted by atomic mass is 10.2. The molecule has 1 unspecified atom stereocenters. The molecule has 2 rings (SSSR count). The third kappa shape index (κ3) is 5.15. The van der Waals surface area contributed by atoms with Crippen molar-refractivity contribution < 1.29 is 9.84 Å². The largest absolute Gasteiger partial charge is 0.389 e. The molecule has 1 saturated heterocycles. The zero-order valence-electron chi connectivity index (χ0n) is 12.8. The molecule has 1 aliphatic rings. The van der Waals surface area contributed by atoms with E-state index in [0.717, 1.165) is 36.9 Å². The molecule has 0 saturated carbocycles. The van der Waals surface area contributed by atoms with E-state index in [-0.39, 0.29) is 6.10 Å². The summed E-state index contributed by atoms with van der Waals surface area (Å²) in [7, 11) is 0. The molecule has 1 aromatic rings. The van der Waals surface area contributed by atoms with E-state index in [1.54, 1.807) is 0 Å². The maximum absolute atomic E-state index is 9.98. The van der Waals surface area contributed by atoms with Crippen molar-refractivity contribution in [2.45, 2.75) is 26.1 Å². The number of β-amino-alcohol motifs (C(OH)–C–C–N with tert-alkyl or cyclic N) is 1. The topological polar surface area (TPSA) is 35.9 Å². The first kappa shape index (κ1) is 16.6. The number of anilines is 1. The van der Waals surface area contributed by atoms with Crippen molar-refractivity contribution in [1.82, 2.24) is 4.90 Å². The van der Waals surface area contributed by atoms with E-state index in [4.69, 9.17) is 16.3 Å². The molecule has 0 aromatic heterocycles. The molecule has 1 fully saturated rings. The average molecular weight is 313 g/mol. The van der Waals surface area contributed by atoms with E-state index in [0.29, 0.717) is 13.2 Å². The number of aliphatic hydroxyl groups is 1. The number of benzene rings is 1. The zero-order chi connectivity index (χ0) is 15.2. The van der Waals surface area contributed by atoms with Crippen LogP contribution in [0.5, 0.6) is 0 Å². The van der Waals surface area contributed by atoms with Gasteiger partial charge in [0.05, 0.1) is 29.5 Å². The Labute approximate surface area is 132 Å². The van der Waals surface area contributed by atoms with Gasteiger partial charge in [0, 0.05) is 32.7 Å². The van der Waals surface area contributed by atoms with Gasteiger partial charge in [-0.25, -0.2) is 0 Å². The molecular formula is C16H25ClN2O2. The highest BCUT2D eigenvalue weighted by Crippen LogP contribution is 2.25. The lowest BCUT2D eigenvalue weighted by Gasteiger charge is -2.37. The van der Waals surface area contributed by atoms with Crippen LogP contribution >= 0.6 is 11.6 Å². The second kappa shape index (κ2) is 7.99. The van der Waals surface area contributed by atoms with Crippen LogP contribution in [0.4, 0.5) is 5.69 Å². The van der Waals surface area contributed by atoms with Crippen LogP contribution in [0, 0.1) is 0 Å². The Kier molecular flexibility index (Phi) is 6.30. The van der Waals surface area contributed by atoms with Crippen LogP contribution < -0.4 is 4.90 Å². The van der Waals surface area contributed by atoms with Gasteiger partial charge in [0.15, 0.2) is 0 Å². The van der Waals surface area contributed by atoms with Gasteiger partial charge < -0.3 is 14.7 Å². The van der Waals surface area contributed by atoms with Crippen LogP contribution in [-0.2, 0) is 4.74 Å². The van der Waals surface area contributed by atoms with E-state index in [9.17, 15) is 5.11 Å². The summed E-state index contributed by atoms with van der Waals surface area (Å²) in [4.78, 5) is 4.58. The summed E-state index contributed by atoms with van der Waals surface area (Å²) >= 11 is 6.24. The second-order valence-electron chi connectivity index (χ2n) is 5.77. The highest BCUT2D eigenvalue weighted by atomic mass is 35.5. The highest BCUT2D eigenvalue weighted by molar-refractivity contribution is 6.33. The van der Waals surface area contributed by atoms with Gasteiger partial charge >= 0.3 is 0 Å². The van der Waals surface area contributed by atoms with Crippen LogP contribution in [-0.4, -0.2) is 61.5 Å². The minimum Gasteiger partial charge on any atom is -0.389 e. The summed E-state index contributed by atoms with van der Waals surface area (Å²) in [5.41, 5.74) is 1.10. The van der Waals surface area contributed by atoms with Gasteiger partial charge in [-0.3, -0.25) is 4.90 Å². The lowest BCUT2D eigenvalue weighted by Crippen LogP contribution is -2.49. The maximum Gasteiger partial charge on any atom is 0.0900 e. The first-order valence-electron chi connectivity index (χ1n) is 7.57. The summed E-state index contributed by atoms with van der Waals surface area (Å²) < 4.78 is 5.45. The predicted octanol–water partition coefficient (Wildman–Crippen LogP) is 2.25. The smallest absolute Gasteiger partial charge is 0.0900 e. The number of hydrogen-bond donors (Lipinski definition) is 1. The van der Waals surface area contributed by atoms with Gasteiger partial charge in [-0.15, -0.1) is 0 Å². The Hall–Kier alpha value is -0.810. The van der Waals surface area contributed by atoms with Crippen molar-refractivity contribution >= 4 is 17.3 Å². The number of aliphatic hydroxyl groups excluding tert-OH is 1. The fraction of sp³-hybridized carbons (Fsp3) is 0.625. The van der Waals surface area contributed by atoms with Crippen LogP contribution in [0.1, 0.15) is 13.8 Å². The molecule has 0 amide bonds. The average Bonchev–Trinajstić information content (AvgIpc) is 2.47. The molecule has 0 bridgehead atoms. The molecule has 1 aliphatic heterocycles. The van der Waals surface area contributed by atoms with Crippen LogP contribution in [0.25, 0.3) is 0 Å². The van der Waals surface area contributed by atoms with E-state index >= 15 is 0 Å². The molecule has 1 N–H and O–H groups in total. The number of ether oxygens (including phenoxy) is 1. The second-order valence-corrected chi connectivity index (χ2v) is 6.18. The van der Waals surface area contributed by atoms with Crippen molar-refractivity contribution in [3.63, 3.8) is 0 Å². The van der Waals surface area contributed by atoms with Crippen molar-refractivity contribution in [3.8, 4) is 0 Å². The van der Waals surface area contributed by atoms with E-state index < -0.39 is 6.10 Å². The normalized spacial score (nSPS) is 18.2. The number of halogens is 1. The quantitative estimate of drug-likeness (QED) is 0.874. The molecule has 1 atom stereocenters. The van der Waals surface area contributed by atoms with Crippen LogP contribution in [0.3, 0.4) is 0 Å². The van der Waals surface area contributed by atoms with Gasteiger partial charge in [-0.05, 0) is 26.0 Å². The van der Waals surface area contributed by atoms with Gasteiger partial charge in [-0.1, -0.05) is 23.7 Å². The van der Waals surface area contributed by atoms with E-state index in [1.807, 2.05) is 32.0 Å². The lowest BCUT2D eigenvalue weighted by molar-refractivity contribution is -0.00899. The molecule has 0 radical (unpaired) electrons. The molecule has 21 heavy (non-hydrogen) atoms. The Balaban J connectivity index is 1.77. The van der Waals surface area contributed by atoms with Crippen LogP contribution in [0.2, 0.25) is 5.02 Å².